The van der Waals surface area contributed by atoms with E-state index in [0.717, 1.165) is 70.6 Å². The molecule has 2 aromatic heterocycles. The molecule has 0 radical (unpaired) electrons. The second-order valence-corrected chi connectivity index (χ2v) is 11.5. The zero-order chi connectivity index (χ0) is 23.4. The van der Waals surface area contributed by atoms with Gasteiger partial charge in [0.15, 0.2) is 0 Å². The van der Waals surface area contributed by atoms with Gasteiger partial charge in [0.2, 0.25) is 0 Å². The number of hydrogen-bond donors (Lipinski definition) is 4. The molecule has 178 valence electrons. The number of H-pyrrole nitrogens is 2. The van der Waals surface area contributed by atoms with Crippen LogP contribution in [-0.2, 0) is 12.8 Å². The molecule has 0 bridgehead atoms. The van der Waals surface area contributed by atoms with Crippen LogP contribution in [0.15, 0.2) is 36.4 Å². The van der Waals surface area contributed by atoms with Gasteiger partial charge in [-0.3, -0.25) is 0 Å². The van der Waals surface area contributed by atoms with Crippen LogP contribution >= 0.6 is 0 Å². The predicted octanol–water partition coefficient (Wildman–Crippen LogP) is 4.30. The quantitative estimate of drug-likeness (QED) is 0.328. The molecule has 9 rings (SSSR count). The smallest absolute Gasteiger partial charge is 0.124 e. The molecule has 3 unspecified atom stereocenters. The summed E-state index contributed by atoms with van der Waals surface area (Å²) in [6.07, 6.45) is 7.12. The predicted molar refractivity (Wildman–Crippen MR) is 138 cm³/mol. The molecule has 3 aliphatic carbocycles. The summed E-state index contributed by atoms with van der Waals surface area (Å²) in [7, 11) is 0. The lowest BCUT2D eigenvalue weighted by molar-refractivity contribution is 0.542. The maximum Gasteiger partial charge on any atom is 0.124 e. The average Bonchev–Trinajstić information content (AvgIpc) is 3.50. The standard InChI is InChI=1S/C30H28N6/c1(2-16-4-7-21-25(10-16)35-29(33-21)26-13-18-11-23(18)31-26)15-3-6-20-17(9-15)5-8-22-28(20)36-30(34-22)27-14-19-12-24(19)32-27/h3-4,6-7,9-10,18-19,23-24,26-27,31-32H,5,8,11-14H2,(H,33,35)(H,34,36)/t18?,19?,23?,24-,26+,27+/m1/s1. The van der Waals surface area contributed by atoms with E-state index in [0.29, 0.717) is 12.1 Å². The lowest BCUT2D eigenvalue weighted by Gasteiger charge is -2.15. The molecule has 4 aromatic rings. The molecule has 6 nitrogen and oxygen atoms in total. The van der Waals surface area contributed by atoms with Gasteiger partial charge < -0.3 is 20.6 Å². The van der Waals surface area contributed by atoms with Crippen molar-refractivity contribution < 1.29 is 0 Å². The van der Waals surface area contributed by atoms with Crippen molar-refractivity contribution in [1.82, 2.24) is 30.6 Å². The van der Waals surface area contributed by atoms with Crippen LogP contribution in [0.25, 0.3) is 22.3 Å². The minimum Gasteiger partial charge on any atom is -0.341 e. The van der Waals surface area contributed by atoms with E-state index in [1.54, 1.807) is 0 Å². The van der Waals surface area contributed by atoms with Crippen molar-refractivity contribution in [1.29, 1.82) is 0 Å². The van der Waals surface area contributed by atoms with E-state index in [9.17, 15) is 0 Å². The first-order valence-electron chi connectivity index (χ1n) is 13.5. The van der Waals surface area contributed by atoms with E-state index in [1.165, 1.54) is 48.2 Å². The Morgan fingerprint density at radius 2 is 1.44 bits per heavy atom. The number of piperidine rings is 2. The van der Waals surface area contributed by atoms with E-state index in [1.807, 2.05) is 0 Å². The molecule has 5 aliphatic rings. The molecule has 36 heavy (non-hydrogen) atoms. The third-order valence-electron chi connectivity index (χ3n) is 9.07. The number of benzene rings is 2. The fourth-order valence-electron chi connectivity index (χ4n) is 6.85. The van der Waals surface area contributed by atoms with Gasteiger partial charge in [-0.15, -0.1) is 0 Å². The highest BCUT2D eigenvalue weighted by molar-refractivity contribution is 5.77. The number of rotatable bonds is 2. The maximum absolute atomic E-state index is 4.98. The van der Waals surface area contributed by atoms with Crippen molar-refractivity contribution in [3.63, 3.8) is 0 Å². The summed E-state index contributed by atoms with van der Waals surface area (Å²) in [5.74, 6) is 10.7. The van der Waals surface area contributed by atoms with Crippen molar-refractivity contribution in [2.75, 3.05) is 0 Å². The van der Waals surface area contributed by atoms with Gasteiger partial charge in [-0.1, -0.05) is 17.9 Å². The fraction of sp³-hybridized carbons (Fsp3) is 0.400. The number of nitrogens with one attached hydrogen (secondary N) is 4. The van der Waals surface area contributed by atoms with Gasteiger partial charge in [-0.2, -0.15) is 0 Å². The Labute approximate surface area is 209 Å². The second kappa shape index (κ2) is 7.09. The van der Waals surface area contributed by atoms with Crippen LogP contribution in [0, 0.1) is 23.7 Å². The molecule has 2 aliphatic heterocycles. The van der Waals surface area contributed by atoms with Gasteiger partial charge in [0.05, 0.1) is 34.5 Å². The first-order valence-corrected chi connectivity index (χ1v) is 13.5. The van der Waals surface area contributed by atoms with Crippen LogP contribution < -0.4 is 10.6 Å². The maximum atomic E-state index is 4.98. The Bertz CT molecular complexity index is 1600. The number of fused-ring (bicyclic) bond motifs is 6. The first-order chi connectivity index (χ1) is 17.7. The normalized spacial score (nSPS) is 30.8. The Morgan fingerprint density at radius 3 is 2.19 bits per heavy atom. The highest BCUT2D eigenvalue weighted by Gasteiger charge is 2.47. The summed E-state index contributed by atoms with van der Waals surface area (Å²) >= 11 is 0. The lowest BCUT2D eigenvalue weighted by atomic mass is 9.91. The van der Waals surface area contributed by atoms with Crippen molar-refractivity contribution in [3.8, 4) is 23.1 Å². The van der Waals surface area contributed by atoms with E-state index in [-0.39, 0.29) is 0 Å². The lowest BCUT2D eigenvalue weighted by Crippen LogP contribution is -2.18. The number of hydrogen-bond acceptors (Lipinski definition) is 4. The fourth-order valence-corrected chi connectivity index (χ4v) is 6.85. The van der Waals surface area contributed by atoms with E-state index >= 15 is 0 Å². The summed E-state index contributed by atoms with van der Waals surface area (Å²) in [5.41, 5.74) is 9.25. The molecule has 6 heteroatoms. The summed E-state index contributed by atoms with van der Waals surface area (Å²) in [4.78, 5) is 17.0. The van der Waals surface area contributed by atoms with E-state index in [2.05, 4.69) is 68.8 Å². The zero-order valence-electron chi connectivity index (χ0n) is 20.1. The Kier molecular flexibility index (Phi) is 3.89. The Morgan fingerprint density at radius 1 is 0.722 bits per heavy atom. The highest BCUT2D eigenvalue weighted by Crippen LogP contribution is 2.47. The average molecular weight is 473 g/mol. The monoisotopic (exact) mass is 472 g/mol. The van der Waals surface area contributed by atoms with Crippen molar-refractivity contribution >= 4 is 11.0 Å². The number of aryl methyl sites for hydroxylation is 2. The summed E-state index contributed by atoms with van der Waals surface area (Å²) in [6, 6.07) is 15.2. The molecule has 4 N–H and O–H groups in total. The SMILES string of the molecule is C(#Cc1ccc2nc([C@@H]3CC4CC4N3)[nH]c2c1)c1ccc2c(c1)CCc1nc([C@@H]3CC4C[C@H]4N3)[nH]c1-2. The number of nitrogens with zero attached hydrogens (tertiary/aromatic N) is 2. The van der Waals surface area contributed by atoms with Gasteiger partial charge in [-0.25, -0.2) is 9.97 Å². The van der Waals surface area contributed by atoms with E-state index < -0.39 is 0 Å². The molecule has 4 fully saturated rings. The largest absolute Gasteiger partial charge is 0.341 e. The summed E-state index contributed by atoms with van der Waals surface area (Å²) in [5, 5.41) is 7.41. The third kappa shape index (κ3) is 3.13. The van der Waals surface area contributed by atoms with Crippen molar-refractivity contribution in [2.45, 2.75) is 62.7 Å². The van der Waals surface area contributed by atoms with E-state index in [4.69, 9.17) is 9.97 Å². The molecule has 0 amide bonds. The van der Waals surface area contributed by atoms with Crippen molar-refractivity contribution in [2.24, 2.45) is 11.8 Å². The minimum absolute atomic E-state index is 0.373. The van der Waals surface area contributed by atoms with Gasteiger partial charge >= 0.3 is 0 Å². The van der Waals surface area contributed by atoms with Crippen molar-refractivity contribution in [3.05, 3.63) is 70.4 Å². The molecule has 6 atom stereocenters. The summed E-state index contributed by atoms with van der Waals surface area (Å²) in [6.45, 7) is 0. The number of imidazole rings is 2. The van der Waals surface area contributed by atoms with Gasteiger partial charge in [0, 0.05) is 28.8 Å². The van der Waals surface area contributed by atoms with Crippen LogP contribution in [0.2, 0.25) is 0 Å². The first kappa shape index (κ1) is 19.7. The molecule has 2 saturated carbocycles. The zero-order valence-corrected chi connectivity index (χ0v) is 20.1. The molecular formula is C30H28N6. The van der Waals surface area contributed by atoms with Gasteiger partial charge in [0.1, 0.15) is 11.6 Å². The van der Waals surface area contributed by atoms with Crippen LogP contribution in [-0.4, -0.2) is 32.0 Å². The van der Waals surface area contributed by atoms with Crippen LogP contribution in [0.1, 0.15) is 71.8 Å². The molecule has 4 heterocycles. The second-order valence-electron chi connectivity index (χ2n) is 11.5. The molecular weight excluding hydrogens is 444 g/mol. The van der Waals surface area contributed by atoms with Crippen LogP contribution in [0.3, 0.4) is 0 Å². The topological polar surface area (TPSA) is 81.4 Å². The van der Waals surface area contributed by atoms with Crippen LogP contribution in [0.5, 0.6) is 0 Å². The van der Waals surface area contributed by atoms with Gasteiger partial charge in [0.25, 0.3) is 0 Å². The number of aromatic amines is 2. The third-order valence-corrected chi connectivity index (χ3v) is 9.07. The van der Waals surface area contributed by atoms with Crippen LogP contribution in [0.4, 0.5) is 0 Å². The Hall–Kier alpha value is -3.40. The van der Waals surface area contributed by atoms with Gasteiger partial charge in [-0.05, 0) is 86.3 Å². The molecule has 2 aromatic carbocycles. The number of aromatic nitrogens is 4. The molecule has 0 spiro atoms. The Balaban J connectivity index is 0.973. The minimum atomic E-state index is 0.373. The highest BCUT2D eigenvalue weighted by atomic mass is 15.1. The molecule has 2 saturated heterocycles. The summed E-state index contributed by atoms with van der Waals surface area (Å²) < 4.78 is 0.